The van der Waals surface area contributed by atoms with Crippen molar-refractivity contribution in [1.29, 1.82) is 0 Å². The molecule has 2 fully saturated rings. The molecule has 0 radical (unpaired) electrons. The van der Waals surface area contributed by atoms with Crippen LogP contribution in [0.3, 0.4) is 0 Å². The fourth-order valence-electron chi connectivity index (χ4n) is 4.38. The molecule has 2 aromatic carbocycles. The molecule has 0 atom stereocenters. The molecular formula is C25H29N5. The maximum Gasteiger partial charge on any atom is 0.227 e. The van der Waals surface area contributed by atoms with Gasteiger partial charge in [-0.3, -0.25) is 4.90 Å². The average molecular weight is 400 g/mol. The van der Waals surface area contributed by atoms with Crippen molar-refractivity contribution in [2.24, 2.45) is 0 Å². The molecule has 0 N–H and O–H groups in total. The predicted molar refractivity (Wildman–Crippen MR) is 123 cm³/mol. The summed E-state index contributed by atoms with van der Waals surface area (Å²) in [5.41, 5.74) is 3.56. The Bertz CT molecular complexity index is 946. The van der Waals surface area contributed by atoms with Gasteiger partial charge in [0.2, 0.25) is 5.95 Å². The number of anilines is 2. The molecule has 0 unspecified atom stereocenters. The zero-order chi connectivity index (χ0) is 20.2. The van der Waals surface area contributed by atoms with E-state index in [1.165, 1.54) is 18.4 Å². The number of nitrogens with zero attached hydrogens (tertiary/aromatic N) is 5. The summed E-state index contributed by atoms with van der Waals surface area (Å²) in [5, 5.41) is 0. The Morgan fingerprint density at radius 2 is 1.33 bits per heavy atom. The SMILES string of the molecule is c1ccc(CN2CCN(c3cc(-c4ccccc4)nc(N4CCCC4)n3)CC2)cc1. The molecule has 2 aliphatic heterocycles. The summed E-state index contributed by atoms with van der Waals surface area (Å²) in [6.45, 7) is 7.24. The molecule has 3 heterocycles. The van der Waals surface area contributed by atoms with Gasteiger partial charge in [0, 0.05) is 57.4 Å². The van der Waals surface area contributed by atoms with Gasteiger partial charge in [-0.25, -0.2) is 4.98 Å². The Labute approximate surface area is 179 Å². The smallest absolute Gasteiger partial charge is 0.227 e. The summed E-state index contributed by atoms with van der Waals surface area (Å²) in [5.74, 6) is 1.95. The third kappa shape index (κ3) is 4.31. The Balaban J connectivity index is 1.35. The van der Waals surface area contributed by atoms with Crippen LogP contribution in [-0.4, -0.2) is 54.1 Å². The van der Waals surface area contributed by atoms with Crippen LogP contribution in [0.2, 0.25) is 0 Å². The van der Waals surface area contributed by atoms with E-state index < -0.39 is 0 Å². The minimum atomic E-state index is 0.885. The van der Waals surface area contributed by atoms with Crippen LogP contribution in [0.1, 0.15) is 18.4 Å². The highest BCUT2D eigenvalue weighted by molar-refractivity contribution is 5.65. The van der Waals surface area contributed by atoms with Crippen LogP contribution in [0.4, 0.5) is 11.8 Å². The largest absolute Gasteiger partial charge is 0.354 e. The maximum absolute atomic E-state index is 5.00. The van der Waals surface area contributed by atoms with Gasteiger partial charge in [-0.15, -0.1) is 0 Å². The van der Waals surface area contributed by atoms with Gasteiger partial charge < -0.3 is 9.80 Å². The highest BCUT2D eigenvalue weighted by atomic mass is 15.3. The summed E-state index contributed by atoms with van der Waals surface area (Å²) >= 11 is 0. The van der Waals surface area contributed by atoms with Crippen LogP contribution < -0.4 is 9.80 Å². The van der Waals surface area contributed by atoms with Crippen LogP contribution in [0.5, 0.6) is 0 Å². The summed E-state index contributed by atoms with van der Waals surface area (Å²) in [6.07, 6.45) is 2.46. The van der Waals surface area contributed by atoms with Crippen molar-refractivity contribution in [3.8, 4) is 11.3 Å². The van der Waals surface area contributed by atoms with E-state index in [1.54, 1.807) is 0 Å². The number of piperazine rings is 1. The molecule has 0 aliphatic carbocycles. The standard InChI is InChI=1S/C25H29N5/c1-3-9-21(10-4-1)20-28-15-17-29(18-16-28)24-19-23(22-11-5-2-6-12-22)26-25(27-24)30-13-7-8-14-30/h1-6,9-12,19H,7-8,13-18,20H2. The average Bonchev–Trinajstić information content (AvgIpc) is 3.36. The number of hydrogen-bond donors (Lipinski definition) is 0. The molecular weight excluding hydrogens is 370 g/mol. The number of hydrogen-bond acceptors (Lipinski definition) is 5. The van der Waals surface area contributed by atoms with Crippen molar-refractivity contribution < 1.29 is 0 Å². The molecule has 1 aromatic heterocycles. The molecule has 30 heavy (non-hydrogen) atoms. The van der Waals surface area contributed by atoms with E-state index in [2.05, 4.69) is 81.4 Å². The molecule has 5 heteroatoms. The lowest BCUT2D eigenvalue weighted by molar-refractivity contribution is 0.249. The third-order valence-corrected chi connectivity index (χ3v) is 6.10. The first kappa shape index (κ1) is 19.1. The van der Waals surface area contributed by atoms with Crippen LogP contribution in [0.25, 0.3) is 11.3 Å². The van der Waals surface area contributed by atoms with Gasteiger partial charge in [-0.2, -0.15) is 4.98 Å². The Hall–Kier alpha value is -2.92. The van der Waals surface area contributed by atoms with Crippen molar-refractivity contribution in [1.82, 2.24) is 14.9 Å². The summed E-state index contributed by atoms with van der Waals surface area (Å²) in [7, 11) is 0. The molecule has 2 aliphatic rings. The van der Waals surface area contributed by atoms with E-state index in [9.17, 15) is 0 Å². The van der Waals surface area contributed by atoms with Crippen LogP contribution in [-0.2, 0) is 6.54 Å². The second-order valence-corrected chi connectivity index (χ2v) is 8.22. The maximum atomic E-state index is 5.00. The van der Waals surface area contributed by atoms with Crippen LogP contribution >= 0.6 is 0 Å². The molecule has 154 valence electrons. The first-order valence-electron chi connectivity index (χ1n) is 11.1. The van der Waals surface area contributed by atoms with Crippen molar-refractivity contribution >= 4 is 11.8 Å². The zero-order valence-electron chi connectivity index (χ0n) is 17.5. The molecule has 0 spiro atoms. The Morgan fingerprint density at radius 1 is 0.667 bits per heavy atom. The Kier molecular flexibility index (Phi) is 5.62. The first-order valence-corrected chi connectivity index (χ1v) is 11.1. The number of aromatic nitrogens is 2. The van der Waals surface area contributed by atoms with Gasteiger partial charge in [0.25, 0.3) is 0 Å². The Morgan fingerprint density at radius 3 is 2.03 bits per heavy atom. The monoisotopic (exact) mass is 399 g/mol. The van der Waals surface area contributed by atoms with Gasteiger partial charge in [-0.05, 0) is 18.4 Å². The van der Waals surface area contributed by atoms with Gasteiger partial charge in [0.1, 0.15) is 5.82 Å². The van der Waals surface area contributed by atoms with Gasteiger partial charge >= 0.3 is 0 Å². The van der Waals surface area contributed by atoms with Crippen molar-refractivity contribution in [2.75, 3.05) is 49.1 Å². The third-order valence-electron chi connectivity index (χ3n) is 6.10. The fraction of sp³-hybridized carbons (Fsp3) is 0.360. The fourth-order valence-corrected chi connectivity index (χ4v) is 4.38. The second-order valence-electron chi connectivity index (χ2n) is 8.22. The second kappa shape index (κ2) is 8.84. The zero-order valence-corrected chi connectivity index (χ0v) is 17.5. The molecule has 2 saturated heterocycles. The lowest BCUT2D eigenvalue weighted by Gasteiger charge is -2.35. The highest BCUT2D eigenvalue weighted by Crippen LogP contribution is 2.27. The highest BCUT2D eigenvalue weighted by Gasteiger charge is 2.22. The van der Waals surface area contributed by atoms with Gasteiger partial charge in [0.05, 0.1) is 5.69 Å². The summed E-state index contributed by atoms with van der Waals surface area (Å²) < 4.78 is 0. The van der Waals surface area contributed by atoms with Crippen LogP contribution in [0.15, 0.2) is 66.7 Å². The lowest BCUT2D eigenvalue weighted by Crippen LogP contribution is -2.46. The minimum absolute atomic E-state index is 0.885. The van der Waals surface area contributed by atoms with Gasteiger partial charge in [0.15, 0.2) is 0 Å². The quantitative estimate of drug-likeness (QED) is 0.646. The first-order chi connectivity index (χ1) is 14.8. The van der Waals surface area contributed by atoms with Crippen LogP contribution in [0, 0.1) is 0 Å². The van der Waals surface area contributed by atoms with E-state index in [1.807, 2.05) is 0 Å². The molecule has 0 saturated carbocycles. The molecule has 3 aromatic rings. The molecule has 0 amide bonds. The number of rotatable bonds is 5. The summed E-state index contributed by atoms with van der Waals surface area (Å²) in [4.78, 5) is 17.2. The van der Waals surface area contributed by atoms with E-state index in [4.69, 9.17) is 9.97 Å². The van der Waals surface area contributed by atoms with Crippen molar-refractivity contribution in [2.45, 2.75) is 19.4 Å². The minimum Gasteiger partial charge on any atom is -0.354 e. The lowest BCUT2D eigenvalue weighted by atomic mass is 10.1. The topological polar surface area (TPSA) is 35.5 Å². The normalized spacial score (nSPS) is 17.5. The van der Waals surface area contributed by atoms with Gasteiger partial charge in [-0.1, -0.05) is 60.7 Å². The number of benzene rings is 2. The molecule has 0 bridgehead atoms. The van der Waals surface area contributed by atoms with E-state index in [0.717, 1.165) is 68.8 Å². The van der Waals surface area contributed by atoms with Crippen molar-refractivity contribution in [3.63, 3.8) is 0 Å². The summed E-state index contributed by atoms with van der Waals surface area (Å²) in [6, 6.07) is 23.4. The van der Waals surface area contributed by atoms with E-state index >= 15 is 0 Å². The molecule has 5 rings (SSSR count). The molecule has 5 nitrogen and oxygen atoms in total. The van der Waals surface area contributed by atoms with E-state index in [-0.39, 0.29) is 0 Å². The predicted octanol–water partition coefficient (Wildman–Crippen LogP) is 4.07. The van der Waals surface area contributed by atoms with E-state index in [0.29, 0.717) is 0 Å². The van der Waals surface area contributed by atoms with Crippen molar-refractivity contribution in [3.05, 3.63) is 72.3 Å².